The number of carboxylic acids is 3. The number of Topliss-reactive ketones (excluding diaryl/α,β-unsaturated/α-hetero) is 3. The Morgan fingerprint density at radius 2 is 0.788 bits per heavy atom. The molecule has 0 heterocycles. The minimum absolute atomic E-state index is 0. The molecular weight excluding hydrogens is 472 g/mol. The summed E-state index contributed by atoms with van der Waals surface area (Å²) in [7, 11) is 0. The Labute approximate surface area is 211 Å². The van der Waals surface area contributed by atoms with Gasteiger partial charge in [0.15, 0.2) is 17.9 Å². The second-order valence-electron chi connectivity index (χ2n) is 6.16. The molecule has 33 heavy (non-hydrogen) atoms. The van der Waals surface area contributed by atoms with Crippen molar-refractivity contribution < 1.29 is 70.9 Å². The molecule has 0 aliphatic rings. The number of unbranched alkanes of at least 4 members (excludes halogenated alkanes) is 1. The van der Waals surface area contributed by atoms with Gasteiger partial charge in [-0.05, 0) is 27.2 Å². The summed E-state index contributed by atoms with van der Waals surface area (Å²) in [6, 6.07) is 0. The molecule has 0 saturated heterocycles. The quantitative estimate of drug-likeness (QED) is 0.183. The molecule has 0 aliphatic heterocycles. The van der Waals surface area contributed by atoms with Crippen LogP contribution in [-0.4, -0.2) is 62.3 Å². The topological polar surface area (TPSA) is 183 Å². The summed E-state index contributed by atoms with van der Waals surface area (Å²) in [6.45, 7) is 11.1. The molecule has 4 N–H and O–H groups in total. The average molecular weight is 509 g/mol. The second kappa shape index (κ2) is 26.0. The normalized spacial score (nSPS) is 8.36. The van der Waals surface area contributed by atoms with Gasteiger partial charge >= 0.3 is 21.7 Å². The molecule has 189 valence electrons. The molecule has 11 heteroatoms. The number of ketones is 3. The van der Waals surface area contributed by atoms with Crippen LogP contribution < -0.4 is 0 Å². The third kappa shape index (κ3) is 25.8. The van der Waals surface area contributed by atoms with E-state index in [1.807, 2.05) is 0 Å². The van der Waals surface area contributed by atoms with Gasteiger partial charge in [-0.1, -0.05) is 34.1 Å². The monoisotopic (exact) mass is 509 g/mol. The largest absolute Gasteiger partial charge is 3.00 e. The van der Waals surface area contributed by atoms with Crippen molar-refractivity contribution in [2.75, 3.05) is 6.61 Å². The number of aliphatic carboxylic acids is 3. The van der Waals surface area contributed by atoms with Gasteiger partial charge in [0.25, 0.3) is 0 Å². The number of carbonyl (C=O) groups is 6. The van der Waals surface area contributed by atoms with Gasteiger partial charge in [-0.3, -0.25) is 14.4 Å². The molecule has 10 nitrogen and oxygen atoms in total. The summed E-state index contributed by atoms with van der Waals surface area (Å²) in [5.41, 5.74) is 0. The van der Waals surface area contributed by atoms with Gasteiger partial charge in [0.2, 0.25) is 0 Å². The van der Waals surface area contributed by atoms with Gasteiger partial charge in [-0.2, -0.15) is 19.3 Å². The van der Waals surface area contributed by atoms with Crippen LogP contribution >= 0.6 is 0 Å². The molecule has 1 radical (unpaired) electrons. The maximum absolute atomic E-state index is 10.4. The summed E-state index contributed by atoms with van der Waals surface area (Å²) >= 11 is 0. The van der Waals surface area contributed by atoms with Crippen LogP contribution in [-0.2, 0) is 50.5 Å². The van der Waals surface area contributed by atoms with Gasteiger partial charge < -0.3 is 34.8 Å². The van der Waals surface area contributed by atoms with Gasteiger partial charge in [0, 0.05) is 24.0 Å². The van der Waals surface area contributed by atoms with E-state index < -0.39 is 17.9 Å². The molecule has 0 atom stereocenters. The van der Waals surface area contributed by atoms with E-state index in [1.165, 1.54) is 20.8 Å². The van der Waals surface area contributed by atoms with E-state index in [2.05, 4.69) is 6.92 Å². The van der Waals surface area contributed by atoms with E-state index in [0.717, 1.165) is 12.8 Å². The zero-order chi connectivity index (χ0) is 26.4. The SMILES string of the molecule is CCCCO.CC[C-](C(C)=O)C(=O)O.CC[C-](C(C)=O)C(=O)O.CC[C-](C(C)=O)C(=O)O.[Ti+3]. The zero-order valence-electron chi connectivity index (χ0n) is 20.5. The molecule has 0 unspecified atom stereocenters. The Balaban J connectivity index is -0.000000107. The number of carboxylic acid groups (broad SMARTS) is 3. The van der Waals surface area contributed by atoms with Crippen molar-refractivity contribution >= 4 is 35.3 Å². The third-order valence-corrected chi connectivity index (χ3v) is 3.62. The Morgan fingerprint density at radius 1 is 0.576 bits per heavy atom. The van der Waals surface area contributed by atoms with Crippen molar-refractivity contribution in [3.8, 4) is 0 Å². The van der Waals surface area contributed by atoms with E-state index in [1.54, 1.807) is 20.8 Å². The van der Waals surface area contributed by atoms with Crippen LogP contribution in [0.25, 0.3) is 0 Å². The number of hydrogen-bond acceptors (Lipinski definition) is 7. The van der Waals surface area contributed by atoms with Crippen molar-refractivity contribution in [2.24, 2.45) is 0 Å². The summed E-state index contributed by atoms with van der Waals surface area (Å²) < 4.78 is 0. The van der Waals surface area contributed by atoms with Crippen LogP contribution in [0, 0.1) is 17.8 Å². The fourth-order valence-electron chi connectivity index (χ4n) is 1.81. The molecule has 0 saturated carbocycles. The Morgan fingerprint density at radius 3 is 0.788 bits per heavy atom. The molecule has 0 aliphatic carbocycles. The molecule has 0 aromatic rings. The predicted molar refractivity (Wildman–Crippen MR) is 118 cm³/mol. The van der Waals surface area contributed by atoms with E-state index in [9.17, 15) is 28.8 Å². The molecule has 0 bridgehead atoms. The Hall–Kier alpha value is -2.30. The van der Waals surface area contributed by atoms with E-state index in [-0.39, 0.29) is 56.8 Å². The fourth-order valence-corrected chi connectivity index (χ4v) is 1.81. The van der Waals surface area contributed by atoms with Crippen LogP contribution in [0.2, 0.25) is 0 Å². The van der Waals surface area contributed by atoms with Gasteiger partial charge in [-0.15, -0.1) is 0 Å². The average Bonchev–Trinajstić information content (AvgIpc) is 2.63. The molecule has 0 amide bonds. The predicted octanol–water partition coefficient (Wildman–Crippen LogP) is 2.71. The molecule has 0 spiro atoms. The minimum atomic E-state index is -1.11. The van der Waals surface area contributed by atoms with E-state index in [0.29, 0.717) is 25.9 Å². The number of carbonyl (C=O) groups excluding carboxylic acids is 3. The van der Waals surface area contributed by atoms with Crippen molar-refractivity contribution in [2.45, 2.75) is 80.6 Å². The van der Waals surface area contributed by atoms with E-state index >= 15 is 0 Å². The second-order valence-corrected chi connectivity index (χ2v) is 6.16. The van der Waals surface area contributed by atoms with Crippen molar-refractivity contribution in [3.63, 3.8) is 0 Å². The van der Waals surface area contributed by atoms with Gasteiger partial charge in [0.05, 0.1) is 0 Å². The van der Waals surface area contributed by atoms with Crippen LogP contribution in [0.1, 0.15) is 80.6 Å². The van der Waals surface area contributed by atoms with Crippen molar-refractivity contribution in [1.29, 1.82) is 0 Å². The van der Waals surface area contributed by atoms with Crippen molar-refractivity contribution in [3.05, 3.63) is 17.8 Å². The standard InChI is InChI=1S/3C6H9O3.C4H10O.Ti/c3*1-3-5(4(2)7)6(8)9;1-2-3-4-5;/h3*3H2,1-2H3,(H,8,9);5H,2-4H2,1H3;/q3*-1;;+3. The first-order valence-corrected chi connectivity index (χ1v) is 10.1. The number of aliphatic hydroxyl groups excluding tert-OH is 1. The maximum Gasteiger partial charge on any atom is 3.00 e. The fraction of sp³-hybridized carbons (Fsp3) is 0.591. The molecular formula is C22H37O10Ti. The Kier molecular flexibility index (Phi) is 32.3. The maximum atomic E-state index is 10.4. The molecule has 0 aromatic carbocycles. The van der Waals surface area contributed by atoms with Crippen LogP contribution in [0.5, 0.6) is 0 Å². The molecule has 0 rings (SSSR count). The van der Waals surface area contributed by atoms with Crippen LogP contribution in [0.3, 0.4) is 0 Å². The van der Waals surface area contributed by atoms with Crippen molar-refractivity contribution in [1.82, 2.24) is 0 Å². The third-order valence-electron chi connectivity index (χ3n) is 3.62. The summed E-state index contributed by atoms with van der Waals surface area (Å²) in [4.78, 5) is 61.5. The van der Waals surface area contributed by atoms with Crippen LogP contribution in [0.15, 0.2) is 0 Å². The summed E-state index contributed by atoms with van der Waals surface area (Å²) in [5.74, 6) is -4.49. The van der Waals surface area contributed by atoms with E-state index in [4.69, 9.17) is 20.4 Å². The number of aliphatic hydroxyl groups is 1. The number of hydrogen-bond donors (Lipinski definition) is 4. The first-order chi connectivity index (χ1) is 14.7. The van der Waals surface area contributed by atoms with Crippen LogP contribution in [0.4, 0.5) is 0 Å². The summed E-state index contributed by atoms with van der Waals surface area (Å²) in [6.07, 6.45) is 2.93. The van der Waals surface area contributed by atoms with Gasteiger partial charge in [-0.25, -0.2) is 17.8 Å². The molecule has 0 fully saturated rings. The first kappa shape index (κ1) is 41.0. The summed E-state index contributed by atoms with van der Waals surface area (Å²) in [5, 5.41) is 32.9. The first-order valence-electron chi connectivity index (χ1n) is 10.1. The Bertz CT molecular complexity index is 470. The molecule has 0 aromatic heterocycles. The zero-order valence-corrected chi connectivity index (χ0v) is 22.0. The number of rotatable bonds is 11. The van der Waals surface area contributed by atoms with Gasteiger partial charge in [0.1, 0.15) is 0 Å². The minimum Gasteiger partial charge on any atom is -0.503 e. The smallest absolute Gasteiger partial charge is 0.503 e.